The van der Waals surface area contributed by atoms with Gasteiger partial charge in [-0.2, -0.15) is 0 Å². The van der Waals surface area contributed by atoms with E-state index in [1.807, 2.05) is 18.2 Å². The van der Waals surface area contributed by atoms with E-state index in [-0.39, 0.29) is 0 Å². The predicted octanol–water partition coefficient (Wildman–Crippen LogP) is 4.16. The molecule has 1 nitrogen and oxygen atoms in total. The van der Waals surface area contributed by atoms with Crippen LogP contribution in [0.3, 0.4) is 0 Å². The molecular weight excluding hydrogens is 248 g/mol. The fourth-order valence-electron chi connectivity index (χ4n) is 1.35. The van der Waals surface area contributed by atoms with Gasteiger partial charge in [0.05, 0.1) is 4.34 Å². The fraction of sp³-hybridized carbons (Fsp3) is 0.273. The highest BCUT2D eigenvalue weighted by Crippen LogP contribution is 2.35. The molecular formula is C11H11ClOS2. The van der Waals surface area contributed by atoms with Crippen LogP contribution in [0.25, 0.3) is 0 Å². The molecule has 0 aromatic carbocycles. The maximum atomic E-state index is 10.1. The highest BCUT2D eigenvalue weighted by molar-refractivity contribution is 7.16. The number of thiophene rings is 2. The van der Waals surface area contributed by atoms with E-state index in [1.54, 1.807) is 11.3 Å². The quantitative estimate of drug-likeness (QED) is 0.858. The van der Waals surface area contributed by atoms with Gasteiger partial charge in [-0.25, -0.2) is 0 Å². The number of hydrogen-bond donors (Lipinski definition) is 1. The first kappa shape index (κ1) is 11.1. The van der Waals surface area contributed by atoms with Gasteiger partial charge in [0.1, 0.15) is 6.10 Å². The summed E-state index contributed by atoms with van der Waals surface area (Å²) < 4.78 is 0.717. The van der Waals surface area contributed by atoms with E-state index in [1.165, 1.54) is 21.8 Å². The summed E-state index contributed by atoms with van der Waals surface area (Å²) in [6.07, 6.45) is -0.528. The smallest absolute Gasteiger partial charge is 0.122 e. The average molecular weight is 259 g/mol. The van der Waals surface area contributed by atoms with Crippen LogP contribution in [0.1, 0.15) is 26.3 Å². The second-order valence-corrected chi connectivity index (χ2v) is 6.47. The minimum absolute atomic E-state index is 0.528. The summed E-state index contributed by atoms with van der Waals surface area (Å²) in [5, 5.41) is 10.1. The molecule has 0 aliphatic heterocycles. The molecule has 0 bridgehead atoms. The van der Waals surface area contributed by atoms with E-state index in [0.717, 1.165) is 9.75 Å². The number of aliphatic hydroxyl groups excluding tert-OH is 1. The van der Waals surface area contributed by atoms with Crippen LogP contribution in [-0.2, 0) is 0 Å². The van der Waals surface area contributed by atoms with E-state index in [0.29, 0.717) is 4.34 Å². The maximum absolute atomic E-state index is 10.1. The first-order chi connectivity index (χ1) is 7.08. The monoisotopic (exact) mass is 258 g/mol. The van der Waals surface area contributed by atoms with Gasteiger partial charge in [0, 0.05) is 14.6 Å². The van der Waals surface area contributed by atoms with Crippen molar-refractivity contribution in [1.82, 2.24) is 0 Å². The van der Waals surface area contributed by atoms with Crippen LogP contribution < -0.4 is 0 Å². The lowest BCUT2D eigenvalue weighted by Gasteiger charge is -2.04. The fourth-order valence-corrected chi connectivity index (χ4v) is 3.54. The molecule has 2 rings (SSSR count). The van der Waals surface area contributed by atoms with Crippen molar-refractivity contribution >= 4 is 34.3 Å². The van der Waals surface area contributed by atoms with E-state index >= 15 is 0 Å². The second-order valence-electron chi connectivity index (χ2n) is 3.43. The molecule has 0 saturated heterocycles. The molecule has 80 valence electrons. The number of rotatable bonds is 2. The minimum Gasteiger partial charge on any atom is -0.382 e. The third-order valence-electron chi connectivity index (χ3n) is 2.32. The molecule has 2 aromatic rings. The van der Waals surface area contributed by atoms with Crippen LogP contribution in [0.15, 0.2) is 18.2 Å². The number of aryl methyl sites for hydroxylation is 2. The Hall–Kier alpha value is -0.350. The van der Waals surface area contributed by atoms with Crippen LogP contribution in [0, 0.1) is 13.8 Å². The lowest BCUT2D eigenvalue weighted by molar-refractivity contribution is 0.228. The third kappa shape index (κ3) is 2.26. The Bertz CT molecular complexity index is 453. The van der Waals surface area contributed by atoms with Crippen molar-refractivity contribution in [3.05, 3.63) is 42.7 Å². The van der Waals surface area contributed by atoms with Crippen LogP contribution in [0.4, 0.5) is 0 Å². The maximum Gasteiger partial charge on any atom is 0.122 e. The zero-order valence-electron chi connectivity index (χ0n) is 8.45. The van der Waals surface area contributed by atoms with E-state index in [9.17, 15) is 5.11 Å². The Balaban J connectivity index is 2.31. The van der Waals surface area contributed by atoms with Crippen molar-refractivity contribution in [2.75, 3.05) is 0 Å². The Morgan fingerprint density at radius 1 is 1.20 bits per heavy atom. The minimum atomic E-state index is -0.528. The summed E-state index contributed by atoms with van der Waals surface area (Å²) in [4.78, 5) is 3.15. The highest BCUT2D eigenvalue weighted by Gasteiger charge is 2.15. The second kappa shape index (κ2) is 4.26. The Labute approximate surface area is 102 Å². The molecule has 15 heavy (non-hydrogen) atoms. The largest absolute Gasteiger partial charge is 0.382 e. The molecule has 4 heteroatoms. The van der Waals surface area contributed by atoms with Gasteiger partial charge in [0.2, 0.25) is 0 Å². The third-order valence-corrected chi connectivity index (χ3v) is 4.81. The van der Waals surface area contributed by atoms with Gasteiger partial charge in [-0.3, -0.25) is 0 Å². The molecule has 1 unspecified atom stereocenters. The molecule has 0 spiro atoms. The van der Waals surface area contributed by atoms with Gasteiger partial charge in [0.25, 0.3) is 0 Å². The van der Waals surface area contributed by atoms with E-state index in [2.05, 4.69) is 13.8 Å². The number of halogens is 1. The molecule has 0 amide bonds. The molecule has 0 aliphatic rings. The molecule has 0 aliphatic carbocycles. The van der Waals surface area contributed by atoms with Crippen molar-refractivity contribution in [1.29, 1.82) is 0 Å². The molecule has 0 radical (unpaired) electrons. The van der Waals surface area contributed by atoms with Crippen molar-refractivity contribution < 1.29 is 5.11 Å². The Kier molecular flexibility index (Phi) is 3.16. The summed E-state index contributed by atoms with van der Waals surface area (Å²) in [6, 6.07) is 5.73. The molecule has 0 saturated carbocycles. The lowest BCUT2D eigenvalue weighted by Crippen LogP contribution is -1.92. The van der Waals surface area contributed by atoms with Crippen LogP contribution in [-0.4, -0.2) is 5.11 Å². The van der Waals surface area contributed by atoms with Crippen LogP contribution in [0.2, 0.25) is 4.34 Å². The van der Waals surface area contributed by atoms with Gasteiger partial charge in [0.15, 0.2) is 0 Å². The summed E-state index contributed by atoms with van der Waals surface area (Å²) >= 11 is 8.91. The predicted molar refractivity (Wildman–Crippen MR) is 67.2 cm³/mol. The zero-order valence-corrected chi connectivity index (χ0v) is 10.8. The van der Waals surface area contributed by atoms with E-state index < -0.39 is 6.10 Å². The van der Waals surface area contributed by atoms with Crippen molar-refractivity contribution in [3.8, 4) is 0 Å². The number of hydrogen-bond acceptors (Lipinski definition) is 3. The molecule has 2 heterocycles. The Morgan fingerprint density at radius 3 is 2.40 bits per heavy atom. The lowest BCUT2D eigenvalue weighted by atomic mass is 10.2. The van der Waals surface area contributed by atoms with Gasteiger partial charge < -0.3 is 5.11 Å². The molecule has 2 aromatic heterocycles. The van der Waals surface area contributed by atoms with Gasteiger partial charge >= 0.3 is 0 Å². The van der Waals surface area contributed by atoms with Crippen molar-refractivity contribution in [2.45, 2.75) is 20.0 Å². The summed E-state index contributed by atoms with van der Waals surface area (Å²) in [5.74, 6) is 0. The zero-order chi connectivity index (χ0) is 11.0. The standard InChI is InChI=1S/C11H11ClOS2/c1-6-5-9(14-7(6)2)11(13)8-3-4-10(12)15-8/h3-5,11,13H,1-2H3. The summed E-state index contributed by atoms with van der Waals surface area (Å²) in [5.41, 5.74) is 1.23. The number of aliphatic hydroxyl groups is 1. The topological polar surface area (TPSA) is 20.2 Å². The van der Waals surface area contributed by atoms with Crippen molar-refractivity contribution in [2.24, 2.45) is 0 Å². The van der Waals surface area contributed by atoms with Crippen molar-refractivity contribution in [3.63, 3.8) is 0 Å². The van der Waals surface area contributed by atoms with Gasteiger partial charge in [-0.05, 0) is 37.6 Å². The first-order valence-corrected chi connectivity index (χ1v) is 6.59. The highest BCUT2D eigenvalue weighted by atomic mass is 35.5. The molecule has 1 atom stereocenters. The molecule has 1 N–H and O–H groups in total. The van der Waals surface area contributed by atoms with E-state index in [4.69, 9.17) is 11.6 Å². The Morgan fingerprint density at radius 2 is 1.93 bits per heavy atom. The first-order valence-electron chi connectivity index (χ1n) is 4.58. The van der Waals surface area contributed by atoms with Gasteiger partial charge in [-0.15, -0.1) is 22.7 Å². The average Bonchev–Trinajstić information content (AvgIpc) is 2.74. The SMILES string of the molecule is Cc1cc(C(O)c2ccc(Cl)s2)sc1C. The van der Waals surface area contributed by atoms with Crippen LogP contribution in [0.5, 0.6) is 0 Å². The van der Waals surface area contributed by atoms with Crippen LogP contribution >= 0.6 is 34.3 Å². The normalized spacial score (nSPS) is 13.1. The summed E-state index contributed by atoms with van der Waals surface area (Å²) in [6.45, 7) is 4.13. The summed E-state index contributed by atoms with van der Waals surface area (Å²) in [7, 11) is 0. The van der Waals surface area contributed by atoms with Gasteiger partial charge in [-0.1, -0.05) is 11.6 Å². The molecule has 0 fully saturated rings.